The molecule has 0 saturated heterocycles. The highest BCUT2D eigenvalue weighted by molar-refractivity contribution is 4.75. The molecular formula is C10H20F2N2. The van der Waals surface area contributed by atoms with Crippen molar-refractivity contribution >= 4 is 0 Å². The zero-order chi connectivity index (χ0) is 10.4. The third-order valence-corrected chi connectivity index (χ3v) is 2.89. The largest absolute Gasteiger partial charge is 0.310 e. The van der Waals surface area contributed by atoms with Crippen LogP contribution < -0.4 is 5.32 Å². The maximum atomic E-state index is 11.8. The van der Waals surface area contributed by atoms with Crippen LogP contribution in [-0.4, -0.2) is 44.0 Å². The topological polar surface area (TPSA) is 15.3 Å². The standard InChI is InChI=1S/C10H20F2N2/c1-14(9-4-2-3-5-9)7-6-13-8-10(11)12/h9-10,13H,2-8H2,1H3. The van der Waals surface area contributed by atoms with Crippen molar-refractivity contribution in [3.8, 4) is 0 Å². The van der Waals surface area contributed by atoms with Crippen molar-refractivity contribution in [2.24, 2.45) is 0 Å². The third kappa shape index (κ3) is 4.33. The summed E-state index contributed by atoms with van der Waals surface area (Å²) < 4.78 is 23.6. The lowest BCUT2D eigenvalue weighted by Gasteiger charge is -2.23. The summed E-state index contributed by atoms with van der Waals surface area (Å²) in [5.74, 6) is 0. The molecule has 0 spiro atoms. The Morgan fingerprint density at radius 3 is 2.57 bits per heavy atom. The number of nitrogens with one attached hydrogen (secondary N) is 1. The van der Waals surface area contributed by atoms with Crippen LogP contribution in [0.25, 0.3) is 0 Å². The molecule has 1 fully saturated rings. The number of halogens is 2. The van der Waals surface area contributed by atoms with E-state index in [1.165, 1.54) is 25.7 Å². The minimum Gasteiger partial charge on any atom is -0.310 e. The van der Waals surface area contributed by atoms with Gasteiger partial charge >= 0.3 is 0 Å². The fourth-order valence-corrected chi connectivity index (χ4v) is 1.99. The van der Waals surface area contributed by atoms with Crippen LogP contribution in [0.1, 0.15) is 25.7 Å². The van der Waals surface area contributed by atoms with Gasteiger partial charge in [-0.3, -0.25) is 0 Å². The molecule has 0 radical (unpaired) electrons. The molecule has 1 aliphatic rings. The highest BCUT2D eigenvalue weighted by Gasteiger charge is 2.18. The second-order valence-electron chi connectivity index (χ2n) is 4.01. The number of nitrogens with zero attached hydrogens (tertiary/aromatic N) is 1. The quantitative estimate of drug-likeness (QED) is 0.666. The molecule has 1 N–H and O–H groups in total. The first-order valence-electron chi connectivity index (χ1n) is 5.39. The van der Waals surface area contributed by atoms with Gasteiger partial charge in [0.05, 0.1) is 6.54 Å². The Hall–Kier alpha value is -0.220. The van der Waals surface area contributed by atoms with Crippen molar-refractivity contribution in [3.63, 3.8) is 0 Å². The molecule has 0 atom stereocenters. The summed E-state index contributed by atoms with van der Waals surface area (Å²) in [5, 5.41) is 2.75. The monoisotopic (exact) mass is 206 g/mol. The predicted octanol–water partition coefficient (Wildman–Crippen LogP) is 1.72. The Labute approximate surface area is 84.7 Å². The molecule has 2 nitrogen and oxygen atoms in total. The Balaban J connectivity index is 1.99. The fraction of sp³-hybridized carbons (Fsp3) is 1.00. The highest BCUT2D eigenvalue weighted by Crippen LogP contribution is 2.21. The molecular weight excluding hydrogens is 186 g/mol. The normalized spacial score (nSPS) is 18.6. The van der Waals surface area contributed by atoms with Crippen LogP contribution in [0.4, 0.5) is 8.78 Å². The molecule has 0 heterocycles. The molecule has 4 heteroatoms. The average molecular weight is 206 g/mol. The maximum Gasteiger partial charge on any atom is 0.250 e. The van der Waals surface area contributed by atoms with E-state index in [0.29, 0.717) is 12.6 Å². The van der Waals surface area contributed by atoms with Crippen molar-refractivity contribution in [1.82, 2.24) is 10.2 Å². The van der Waals surface area contributed by atoms with Crippen LogP contribution in [0, 0.1) is 0 Å². The zero-order valence-corrected chi connectivity index (χ0v) is 8.81. The van der Waals surface area contributed by atoms with E-state index < -0.39 is 6.43 Å². The number of alkyl halides is 2. The molecule has 0 amide bonds. The van der Waals surface area contributed by atoms with E-state index in [0.717, 1.165) is 6.54 Å². The molecule has 14 heavy (non-hydrogen) atoms. The fourth-order valence-electron chi connectivity index (χ4n) is 1.99. The SMILES string of the molecule is CN(CCNCC(F)F)C1CCCC1. The van der Waals surface area contributed by atoms with Gasteiger partial charge in [0, 0.05) is 19.1 Å². The summed E-state index contributed by atoms with van der Waals surface area (Å²) >= 11 is 0. The molecule has 84 valence electrons. The van der Waals surface area contributed by atoms with Gasteiger partial charge in [-0.2, -0.15) is 0 Å². The molecule has 1 saturated carbocycles. The molecule has 0 aliphatic heterocycles. The van der Waals surface area contributed by atoms with E-state index in [1.807, 2.05) is 0 Å². The van der Waals surface area contributed by atoms with Crippen LogP contribution >= 0.6 is 0 Å². The van der Waals surface area contributed by atoms with Gasteiger partial charge in [-0.1, -0.05) is 12.8 Å². The second-order valence-corrected chi connectivity index (χ2v) is 4.01. The number of hydrogen-bond acceptors (Lipinski definition) is 2. The zero-order valence-electron chi connectivity index (χ0n) is 8.81. The van der Waals surface area contributed by atoms with E-state index >= 15 is 0 Å². The molecule has 0 aromatic carbocycles. The van der Waals surface area contributed by atoms with E-state index in [9.17, 15) is 8.78 Å². The van der Waals surface area contributed by atoms with Gasteiger partial charge in [-0.05, 0) is 19.9 Å². The summed E-state index contributed by atoms with van der Waals surface area (Å²) in [7, 11) is 2.08. The van der Waals surface area contributed by atoms with E-state index in [4.69, 9.17) is 0 Å². The van der Waals surface area contributed by atoms with Gasteiger partial charge in [0.15, 0.2) is 0 Å². The average Bonchev–Trinajstić information content (AvgIpc) is 2.64. The molecule has 0 aromatic heterocycles. The summed E-state index contributed by atoms with van der Waals surface area (Å²) in [6.07, 6.45) is 2.95. The van der Waals surface area contributed by atoms with Gasteiger partial charge in [0.25, 0.3) is 6.43 Å². The first-order valence-corrected chi connectivity index (χ1v) is 5.39. The van der Waals surface area contributed by atoms with Crippen molar-refractivity contribution < 1.29 is 8.78 Å². The van der Waals surface area contributed by atoms with Crippen LogP contribution in [0.15, 0.2) is 0 Å². The Bertz CT molecular complexity index is 147. The van der Waals surface area contributed by atoms with Crippen molar-refractivity contribution in [2.75, 3.05) is 26.7 Å². The maximum absolute atomic E-state index is 11.8. The van der Waals surface area contributed by atoms with Crippen LogP contribution in [0.2, 0.25) is 0 Å². The molecule has 0 unspecified atom stereocenters. The van der Waals surface area contributed by atoms with Crippen LogP contribution in [0.5, 0.6) is 0 Å². The van der Waals surface area contributed by atoms with Crippen LogP contribution in [-0.2, 0) is 0 Å². The summed E-state index contributed by atoms with van der Waals surface area (Å²) in [5.41, 5.74) is 0. The summed E-state index contributed by atoms with van der Waals surface area (Å²) in [6, 6.07) is 0.684. The van der Waals surface area contributed by atoms with Gasteiger partial charge in [-0.25, -0.2) is 8.78 Å². The smallest absolute Gasteiger partial charge is 0.250 e. The molecule has 0 bridgehead atoms. The summed E-state index contributed by atoms with van der Waals surface area (Å²) in [4.78, 5) is 2.28. The van der Waals surface area contributed by atoms with Gasteiger partial charge in [0.1, 0.15) is 0 Å². The lowest BCUT2D eigenvalue weighted by atomic mass is 10.2. The highest BCUT2D eigenvalue weighted by atomic mass is 19.3. The molecule has 0 aromatic rings. The number of hydrogen-bond donors (Lipinski definition) is 1. The van der Waals surface area contributed by atoms with E-state index in [-0.39, 0.29) is 6.54 Å². The van der Waals surface area contributed by atoms with Crippen molar-refractivity contribution in [1.29, 1.82) is 0 Å². The van der Waals surface area contributed by atoms with Crippen LogP contribution in [0.3, 0.4) is 0 Å². The third-order valence-electron chi connectivity index (χ3n) is 2.89. The van der Waals surface area contributed by atoms with Crippen molar-refractivity contribution in [2.45, 2.75) is 38.2 Å². The second kappa shape index (κ2) is 6.30. The first-order chi connectivity index (χ1) is 6.70. The van der Waals surface area contributed by atoms with Gasteiger partial charge < -0.3 is 10.2 Å². The Morgan fingerprint density at radius 1 is 1.36 bits per heavy atom. The predicted molar refractivity (Wildman–Crippen MR) is 53.8 cm³/mol. The number of likely N-dealkylation sites (N-methyl/N-ethyl adjacent to an activating group) is 1. The lowest BCUT2D eigenvalue weighted by molar-refractivity contribution is 0.143. The lowest BCUT2D eigenvalue weighted by Crippen LogP contribution is -2.36. The van der Waals surface area contributed by atoms with E-state index in [2.05, 4.69) is 17.3 Å². The molecule has 1 aliphatic carbocycles. The van der Waals surface area contributed by atoms with Crippen molar-refractivity contribution in [3.05, 3.63) is 0 Å². The van der Waals surface area contributed by atoms with Gasteiger partial charge in [0.2, 0.25) is 0 Å². The number of rotatable bonds is 6. The minimum atomic E-state index is -2.23. The summed E-state index contributed by atoms with van der Waals surface area (Å²) in [6.45, 7) is 1.35. The van der Waals surface area contributed by atoms with Gasteiger partial charge in [-0.15, -0.1) is 0 Å². The Kier molecular flexibility index (Phi) is 5.33. The molecule has 1 rings (SSSR count). The first kappa shape index (κ1) is 11.9. The van der Waals surface area contributed by atoms with E-state index in [1.54, 1.807) is 0 Å². The minimum absolute atomic E-state index is 0.182. The Morgan fingerprint density at radius 2 is 2.00 bits per heavy atom.